The third kappa shape index (κ3) is 11.6. The van der Waals surface area contributed by atoms with Crippen molar-refractivity contribution in [1.82, 2.24) is 4.90 Å². The van der Waals surface area contributed by atoms with Crippen molar-refractivity contribution in [3.63, 3.8) is 0 Å². The molecule has 0 radical (unpaired) electrons. The molecular formula is C11H23NO. The Morgan fingerprint density at radius 2 is 1.46 bits per heavy atom. The van der Waals surface area contributed by atoms with Crippen LogP contribution >= 0.6 is 0 Å². The molecule has 78 valence electrons. The van der Waals surface area contributed by atoms with E-state index >= 15 is 0 Å². The summed E-state index contributed by atoms with van der Waals surface area (Å²) in [5.74, 6) is 0. The number of hydrogen-bond donors (Lipinski definition) is 0. The predicted octanol–water partition coefficient (Wildman–Crippen LogP) is 2.48. The summed E-state index contributed by atoms with van der Waals surface area (Å²) in [7, 11) is 4.23. The molecule has 0 fully saturated rings. The van der Waals surface area contributed by atoms with Gasteiger partial charge in [0.05, 0.1) is 0 Å². The van der Waals surface area contributed by atoms with Gasteiger partial charge in [0.25, 0.3) is 0 Å². The molecule has 0 aliphatic rings. The lowest BCUT2D eigenvalue weighted by molar-refractivity contribution is -0.107. The molecule has 0 saturated carbocycles. The van der Waals surface area contributed by atoms with Crippen LogP contribution < -0.4 is 0 Å². The molecule has 0 N–H and O–H groups in total. The third-order valence-corrected chi connectivity index (χ3v) is 2.18. The Balaban J connectivity index is 2.87. The molecule has 0 heterocycles. The van der Waals surface area contributed by atoms with Crippen LogP contribution in [0.4, 0.5) is 0 Å². The summed E-state index contributed by atoms with van der Waals surface area (Å²) >= 11 is 0. The maximum Gasteiger partial charge on any atom is 0.119 e. The first kappa shape index (κ1) is 12.6. The maximum absolute atomic E-state index is 10.0. The van der Waals surface area contributed by atoms with Crippen LogP contribution in [0, 0.1) is 0 Å². The first-order chi connectivity index (χ1) is 6.27. The van der Waals surface area contributed by atoms with E-state index in [0.717, 1.165) is 19.1 Å². The molecule has 0 amide bonds. The number of unbranched alkanes of at least 4 members (excludes halogenated alkanes) is 6. The van der Waals surface area contributed by atoms with Crippen molar-refractivity contribution < 1.29 is 4.79 Å². The van der Waals surface area contributed by atoms with Gasteiger partial charge < -0.3 is 9.69 Å². The lowest BCUT2D eigenvalue weighted by Crippen LogP contribution is -2.12. The molecule has 0 aliphatic heterocycles. The quantitative estimate of drug-likeness (QED) is 0.406. The van der Waals surface area contributed by atoms with Crippen LogP contribution in [0.1, 0.15) is 44.9 Å². The van der Waals surface area contributed by atoms with Crippen molar-refractivity contribution in [1.29, 1.82) is 0 Å². The summed E-state index contributed by atoms with van der Waals surface area (Å²) in [6.45, 7) is 1.20. The number of aldehydes is 1. The van der Waals surface area contributed by atoms with E-state index in [4.69, 9.17) is 0 Å². The van der Waals surface area contributed by atoms with E-state index in [9.17, 15) is 4.79 Å². The molecule has 0 spiro atoms. The SMILES string of the molecule is CN(C)CCCCCCCCC=O. The Bertz CT molecular complexity index is 113. The lowest BCUT2D eigenvalue weighted by atomic mass is 10.1. The van der Waals surface area contributed by atoms with Crippen LogP contribution in [0.5, 0.6) is 0 Å². The van der Waals surface area contributed by atoms with Gasteiger partial charge in [-0.3, -0.25) is 0 Å². The third-order valence-electron chi connectivity index (χ3n) is 2.18. The molecule has 2 heteroatoms. The zero-order valence-corrected chi connectivity index (χ0v) is 9.09. The summed E-state index contributed by atoms with van der Waals surface area (Å²) in [5.41, 5.74) is 0. The Hall–Kier alpha value is -0.370. The molecule has 0 aromatic carbocycles. The molecular weight excluding hydrogens is 162 g/mol. The highest BCUT2D eigenvalue weighted by Crippen LogP contribution is 2.06. The fourth-order valence-corrected chi connectivity index (χ4v) is 1.36. The smallest absolute Gasteiger partial charge is 0.119 e. The minimum atomic E-state index is 0.748. The summed E-state index contributed by atoms with van der Waals surface area (Å²) in [6.07, 6.45) is 9.33. The van der Waals surface area contributed by atoms with Crippen LogP contribution in [-0.2, 0) is 4.79 Å². The van der Waals surface area contributed by atoms with Gasteiger partial charge in [0.15, 0.2) is 0 Å². The molecule has 0 saturated heterocycles. The Morgan fingerprint density at radius 3 is 2.00 bits per heavy atom. The topological polar surface area (TPSA) is 20.3 Å². The number of nitrogens with zero attached hydrogens (tertiary/aromatic N) is 1. The Labute approximate surface area is 82.3 Å². The van der Waals surface area contributed by atoms with Gasteiger partial charge in [0, 0.05) is 6.42 Å². The highest BCUT2D eigenvalue weighted by molar-refractivity contribution is 5.48. The van der Waals surface area contributed by atoms with E-state index in [0.29, 0.717) is 0 Å². The van der Waals surface area contributed by atoms with Gasteiger partial charge in [0.2, 0.25) is 0 Å². The number of carbonyl (C=O) groups excluding carboxylic acids is 1. The van der Waals surface area contributed by atoms with Crippen LogP contribution in [0.3, 0.4) is 0 Å². The number of rotatable bonds is 9. The largest absolute Gasteiger partial charge is 0.309 e. The van der Waals surface area contributed by atoms with Gasteiger partial charge in [-0.05, 0) is 33.5 Å². The molecule has 2 nitrogen and oxygen atoms in total. The van der Waals surface area contributed by atoms with E-state index in [1.54, 1.807) is 0 Å². The van der Waals surface area contributed by atoms with Gasteiger partial charge in [-0.2, -0.15) is 0 Å². The summed E-state index contributed by atoms with van der Waals surface area (Å²) < 4.78 is 0. The summed E-state index contributed by atoms with van der Waals surface area (Å²) in [5, 5.41) is 0. The standard InChI is InChI=1S/C11H23NO/c1-12(2)10-8-6-4-3-5-7-9-11-13/h11H,3-10H2,1-2H3. The van der Waals surface area contributed by atoms with Crippen molar-refractivity contribution in [2.75, 3.05) is 20.6 Å². The second-order valence-corrected chi connectivity index (χ2v) is 3.88. The van der Waals surface area contributed by atoms with Gasteiger partial charge >= 0.3 is 0 Å². The average Bonchev–Trinajstić information content (AvgIpc) is 2.09. The lowest BCUT2D eigenvalue weighted by Gasteiger charge is -2.08. The number of carbonyl (C=O) groups is 1. The van der Waals surface area contributed by atoms with E-state index in [1.807, 2.05) is 0 Å². The normalized spacial score (nSPS) is 10.7. The molecule has 0 rings (SSSR count). The summed E-state index contributed by atoms with van der Waals surface area (Å²) in [6, 6.07) is 0. The minimum Gasteiger partial charge on any atom is -0.309 e. The highest BCUT2D eigenvalue weighted by Gasteiger charge is 1.92. The van der Waals surface area contributed by atoms with Crippen molar-refractivity contribution in [3.05, 3.63) is 0 Å². The van der Waals surface area contributed by atoms with Crippen molar-refractivity contribution in [3.8, 4) is 0 Å². The van der Waals surface area contributed by atoms with Gasteiger partial charge in [-0.15, -0.1) is 0 Å². The Morgan fingerprint density at radius 1 is 0.923 bits per heavy atom. The molecule has 0 aromatic heterocycles. The molecule has 0 aromatic rings. The second-order valence-electron chi connectivity index (χ2n) is 3.88. The van der Waals surface area contributed by atoms with Crippen LogP contribution in [0.2, 0.25) is 0 Å². The first-order valence-corrected chi connectivity index (χ1v) is 5.35. The van der Waals surface area contributed by atoms with E-state index in [2.05, 4.69) is 19.0 Å². The molecule has 0 unspecified atom stereocenters. The number of hydrogen-bond acceptors (Lipinski definition) is 2. The maximum atomic E-state index is 10.0. The average molecular weight is 185 g/mol. The molecule has 0 atom stereocenters. The van der Waals surface area contributed by atoms with Crippen molar-refractivity contribution in [2.24, 2.45) is 0 Å². The van der Waals surface area contributed by atoms with E-state index in [-0.39, 0.29) is 0 Å². The van der Waals surface area contributed by atoms with Gasteiger partial charge in [0.1, 0.15) is 6.29 Å². The van der Waals surface area contributed by atoms with Gasteiger partial charge in [-0.25, -0.2) is 0 Å². The zero-order valence-electron chi connectivity index (χ0n) is 9.09. The summed E-state index contributed by atoms with van der Waals surface area (Å²) in [4.78, 5) is 12.2. The van der Waals surface area contributed by atoms with Crippen molar-refractivity contribution >= 4 is 6.29 Å². The molecule has 0 aliphatic carbocycles. The van der Waals surface area contributed by atoms with Crippen molar-refractivity contribution in [2.45, 2.75) is 44.9 Å². The molecule has 13 heavy (non-hydrogen) atoms. The minimum absolute atomic E-state index is 0.748. The van der Waals surface area contributed by atoms with E-state index in [1.165, 1.54) is 38.6 Å². The van der Waals surface area contributed by atoms with Crippen LogP contribution in [-0.4, -0.2) is 31.8 Å². The van der Waals surface area contributed by atoms with Crippen LogP contribution in [0.25, 0.3) is 0 Å². The van der Waals surface area contributed by atoms with Gasteiger partial charge in [-0.1, -0.05) is 25.7 Å². The fourth-order valence-electron chi connectivity index (χ4n) is 1.36. The Kier molecular flexibility index (Phi) is 9.44. The highest BCUT2D eigenvalue weighted by atomic mass is 16.1. The first-order valence-electron chi connectivity index (χ1n) is 5.35. The molecule has 0 bridgehead atoms. The fraction of sp³-hybridized carbons (Fsp3) is 0.909. The predicted molar refractivity (Wildman–Crippen MR) is 56.9 cm³/mol. The second kappa shape index (κ2) is 9.72. The monoisotopic (exact) mass is 185 g/mol. The van der Waals surface area contributed by atoms with Crippen LogP contribution in [0.15, 0.2) is 0 Å². The zero-order chi connectivity index (χ0) is 9.94. The van der Waals surface area contributed by atoms with E-state index < -0.39 is 0 Å².